The van der Waals surface area contributed by atoms with Crippen LogP contribution in [0.5, 0.6) is 0 Å². The Labute approximate surface area is 119 Å². The van der Waals surface area contributed by atoms with Crippen LogP contribution in [0.3, 0.4) is 0 Å². The molecule has 1 aromatic carbocycles. The fourth-order valence-corrected chi connectivity index (χ4v) is 1.97. The van der Waals surface area contributed by atoms with Crippen LogP contribution in [-0.2, 0) is 6.54 Å². The summed E-state index contributed by atoms with van der Waals surface area (Å²) in [5.41, 5.74) is 8.25. The van der Waals surface area contributed by atoms with E-state index >= 15 is 0 Å². The monoisotopic (exact) mass is 271 g/mol. The molecule has 0 unspecified atom stereocenters. The van der Waals surface area contributed by atoms with E-state index in [1.807, 2.05) is 20.0 Å². The third kappa shape index (κ3) is 3.60. The van der Waals surface area contributed by atoms with Crippen LogP contribution >= 0.6 is 0 Å². The number of nitrogens with one attached hydrogen (secondary N) is 1. The molecule has 106 valence electrons. The van der Waals surface area contributed by atoms with Crippen molar-refractivity contribution in [2.75, 3.05) is 29.5 Å². The van der Waals surface area contributed by atoms with Crippen LogP contribution < -0.4 is 16.0 Å². The topological polar surface area (TPSA) is 67.1 Å². The van der Waals surface area contributed by atoms with Crippen molar-refractivity contribution in [2.45, 2.75) is 20.4 Å². The summed E-state index contributed by atoms with van der Waals surface area (Å²) in [6, 6.07) is 10.4. The van der Waals surface area contributed by atoms with Crippen molar-refractivity contribution in [1.29, 1.82) is 0 Å². The SMILES string of the molecule is CCNc1cc(N(C)Cc2ccc(C)cc2)nc(N)n1. The molecule has 0 aliphatic carbocycles. The lowest BCUT2D eigenvalue weighted by Gasteiger charge is -2.19. The number of benzene rings is 1. The van der Waals surface area contributed by atoms with E-state index in [9.17, 15) is 0 Å². The maximum Gasteiger partial charge on any atom is 0.223 e. The van der Waals surface area contributed by atoms with Gasteiger partial charge in [-0.1, -0.05) is 29.8 Å². The van der Waals surface area contributed by atoms with E-state index in [-0.39, 0.29) is 5.95 Å². The highest BCUT2D eigenvalue weighted by molar-refractivity contribution is 5.52. The van der Waals surface area contributed by atoms with Crippen molar-refractivity contribution in [2.24, 2.45) is 0 Å². The first-order valence-electron chi connectivity index (χ1n) is 6.73. The molecule has 2 rings (SSSR count). The Morgan fingerprint density at radius 1 is 1.20 bits per heavy atom. The summed E-state index contributed by atoms with van der Waals surface area (Å²) in [5, 5.41) is 3.16. The summed E-state index contributed by atoms with van der Waals surface area (Å²) in [5.74, 6) is 1.86. The molecule has 5 nitrogen and oxygen atoms in total. The van der Waals surface area contributed by atoms with Crippen LogP contribution in [0.1, 0.15) is 18.1 Å². The molecule has 5 heteroatoms. The molecule has 0 saturated heterocycles. The largest absolute Gasteiger partial charge is 0.370 e. The number of hydrogen-bond acceptors (Lipinski definition) is 5. The van der Waals surface area contributed by atoms with Crippen LogP contribution in [0.2, 0.25) is 0 Å². The quantitative estimate of drug-likeness (QED) is 0.874. The first kappa shape index (κ1) is 14.1. The first-order valence-corrected chi connectivity index (χ1v) is 6.73. The predicted octanol–water partition coefficient (Wildman–Crippen LogP) is 2.44. The Kier molecular flexibility index (Phi) is 4.40. The number of anilines is 3. The molecule has 20 heavy (non-hydrogen) atoms. The Balaban J connectivity index is 2.15. The molecule has 0 saturated carbocycles. The lowest BCUT2D eigenvalue weighted by Crippen LogP contribution is -2.19. The van der Waals surface area contributed by atoms with Gasteiger partial charge in [-0.2, -0.15) is 9.97 Å². The number of aromatic nitrogens is 2. The molecule has 0 atom stereocenters. The molecule has 0 aliphatic rings. The number of rotatable bonds is 5. The predicted molar refractivity (Wildman–Crippen MR) is 83.9 cm³/mol. The van der Waals surface area contributed by atoms with Crippen molar-refractivity contribution in [3.63, 3.8) is 0 Å². The van der Waals surface area contributed by atoms with Crippen LogP contribution in [0, 0.1) is 6.92 Å². The van der Waals surface area contributed by atoms with Gasteiger partial charge in [0.2, 0.25) is 5.95 Å². The van der Waals surface area contributed by atoms with Gasteiger partial charge in [0.05, 0.1) is 0 Å². The summed E-state index contributed by atoms with van der Waals surface area (Å²) in [4.78, 5) is 10.5. The fraction of sp³-hybridized carbons (Fsp3) is 0.333. The second kappa shape index (κ2) is 6.23. The molecular weight excluding hydrogens is 250 g/mol. The lowest BCUT2D eigenvalue weighted by molar-refractivity contribution is 0.893. The number of nitrogens with zero attached hydrogens (tertiary/aromatic N) is 3. The highest BCUT2D eigenvalue weighted by atomic mass is 15.2. The van der Waals surface area contributed by atoms with E-state index < -0.39 is 0 Å². The summed E-state index contributed by atoms with van der Waals surface area (Å²) in [7, 11) is 2.00. The van der Waals surface area contributed by atoms with E-state index in [4.69, 9.17) is 5.73 Å². The second-order valence-electron chi connectivity index (χ2n) is 4.84. The maximum absolute atomic E-state index is 5.75. The van der Waals surface area contributed by atoms with Gasteiger partial charge in [0.15, 0.2) is 0 Å². The first-order chi connectivity index (χ1) is 9.58. The molecule has 0 bridgehead atoms. The number of nitrogen functional groups attached to an aromatic ring is 1. The standard InChI is InChI=1S/C15H21N5/c1-4-17-13-9-14(19-15(16)18-13)20(3)10-12-7-5-11(2)6-8-12/h5-9H,4,10H2,1-3H3,(H3,16,17,18,19). The zero-order valence-electron chi connectivity index (χ0n) is 12.2. The third-order valence-corrected chi connectivity index (χ3v) is 3.02. The van der Waals surface area contributed by atoms with Gasteiger partial charge in [0.1, 0.15) is 11.6 Å². The van der Waals surface area contributed by atoms with Crippen LogP contribution in [0.15, 0.2) is 30.3 Å². The molecule has 1 aromatic heterocycles. The molecule has 0 spiro atoms. The minimum atomic E-state index is 0.286. The summed E-state index contributed by atoms with van der Waals surface area (Å²) >= 11 is 0. The van der Waals surface area contributed by atoms with Gasteiger partial charge < -0.3 is 16.0 Å². The number of aryl methyl sites for hydroxylation is 1. The van der Waals surface area contributed by atoms with Crippen LogP contribution in [0.4, 0.5) is 17.6 Å². The molecule has 3 N–H and O–H groups in total. The minimum absolute atomic E-state index is 0.286. The van der Waals surface area contributed by atoms with Crippen molar-refractivity contribution in [3.05, 3.63) is 41.5 Å². The molecule has 1 heterocycles. The summed E-state index contributed by atoms with van der Waals surface area (Å²) < 4.78 is 0. The van der Waals surface area contributed by atoms with Gasteiger partial charge in [-0.05, 0) is 19.4 Å². The Morgan fingerprint density at radius 3 is 2.55 bits per heavy atom. The summed E-state index contributed by atoms with van der Waals surface area (Å²) in [6.45, 7) is 5.69. The third-order valence-electron chi connectivity index (χ3n) is 3.02. The highest BCUT2D eigenvalue weighted by Gasteiger charge is 2.07. The van der Waals surface area contributed by atoms with Gasteiger partial charge in [0.25, 0.3) is 0 Å². The molecule has 0 fully saturated rings. The van der Waals surface area contributed by atoms with Gasteiger partial charge >= 0.3 is 0 Å². The summed E-state index contributed by atoms with van der Waals surface area (Å²) in [6.07, 6.45) is 0. The van der Waals surface area contributed by atoms with E-state index in [1.165, 1.54) is 11.1 Å². The zero-order chi connectivity index (χ0) is 14.5. The van der Waals surface area contributed by atoms with Crippen molar-refractivity contribution in [1.82, 2.24) is 9.97 Å². The Morgan fingerprint density at radius 2 is 1.90 bits per heavy atom. The van der Waals surface area contributed by atoms with E-state index in [0.717, 1.165) is 24.7 Å². The second-order valence-corrected chi connectivity index (χ2v) is 4.84. The van der Waals surface area contributed by atoms with Crippen LogP contribution in [0.25, 0.3) is 0 Å². The normalized spacial score (nSPS) is 10.3. The molecule has 0 amide bonds. The fourth-order valence-electron chi connectivity index (χ4n) is 1.97. The van der Waals surface area contributed by atoms with E-state index in [1.54, 1.807) is 0 Å². The number of nitrogens with two attached hydrogens (primary N) is 1. The lowest BCUT2D eigenvalue weighted by atomic mass is 10.1. The van der Waals surface area contributed by atoms with E-state index in [2.05, 4.69) is 51.4 Å². The van der Waals surface area contributed by atoms with Crippen molar-refractivity contribution in [3.8, 4) is 0 Å². The van der Waals surface area contributed by atoms with Gasteiger partial charge in [-0.15, -0.1) is 0 Å². The van der Waals surface area contributed by atoms with Crippen molar-refractivity contribution < 1.29 is 0 Å². The van der Waals surface area contributed by atoms with Crippen LogP contribution in [-0.4, -0.2) is 23.6 Å². The Bertz CT molecular complexity index is 565. The van der Waals surface area contributed by atoms with Gasteiger partial charge in [0, 0.05) is 26.2 Å². The average molecular weight is 271 g/mol. The molecule has 2 aromatic rings. The molecule has 0 aliphatic heterocycles. The smallest absolute Gasteiger partial charge is 0.223 e. The maximum atomic E-state index is 5.75. The highest BCUT2D eigenvalue weighted by Crippen LogP contribution is 2.18. The number of hydrogen-bond donors (Lipinski definition) is 2. The van der Waals surface area contributed by atoms with Gasteiger partial charge in [-0.3, -0.25) is 0 Å². The minimum Gasteiger partial charge on any atom is -0.370 e. The molecular formula is C15H21N5. The zero-order valence-corrected chi connectivity index (χ0v) is 12.2. The molecule has 0 radical (unpaired) electrons. The Hall–Kier alpha value is -2.30. The van der Waals surface area contributed by atoms with Gasteiger partial charge in [-0.25, -0.2) is 0 Å². The average Bonchev–Trinajstić information content (AvgIpc) is 2.41. The van der Waals surface area contributed by atoms with Crippen molar-refractivity contribution >= 4 is 17.6 Å². The van der Waals surface area contributed by atoms with E-state index in [0.29, 0.717) is 0 Å².